The number of benzene rings is 3. The van der Waals surface area contributed by atoms with Gasteiger partial charge in [0, 0.05) is 19.0 Å². The number of pyridine rings is 1. The van der Waals surface area contributed by atoms with Gasteiger partial charge in [-0.05, 0) is 28.0 Å². The summed E-state index contributed by atoms with van der Waals surface area (Å²) in [6.45, 7) is 0.0730. The molecule has 0 atom stereocenters. The Balaban J connectivity index is 1.43. The molecule has 3 heterocycles. The number of ether oxygens (including phenoxy) is 1. The molecular formula is C31H26F2N8O2. The lowest BCUT2D eigenvalue weighted by Crippen LogP contribution is -2.32. The lowest BCUT2D eigenvalue weighted by molar-refractivity contribution is -0.138. The molecular weight excluding hydrogens is 554 g/mol. The average molecular weight is 581 g/mol. The van der Waals surface area contributed by atoms with Crippen LogP contribution in [0.4, 0.5) is 26.1 Å². The van der Waals surface area contributed by atoms with Crippen molar-refractivity contribution in [2.75, 3.05) is 30.0 Å². The summed E-state index contributed by atoms with van der Waals surface area (Å²) in [5.74, 6) is -1.63. The molecule has 0 radical (unpaired) electrons. The number of nitrogens with two attached hydrogens (primary N) is 2. The van der Waals surface area contributed by atoms with Gasteiger partial charge in [-0.25, -0.2) is 13.8 Å². The first-order valence-electron chi connectivity index (χ1n) is 13.3. The Morgan fingerprint density at radius 1 is 0.953 bits per heavy atom. The van der Waals surface area contributed by atoms with Crippen molar-refractivity contribution in [3.05, 3.63) is 107 Å². The standard InChI is InChI=1S/C31H26F2N8O2/c1-43-26(42)17-40(16-20-10-6-9-18-7-2-4-11-22(18)20)28-29(34)37-31(38-30(28)35)41-25-14-21(32)15-36-27(25)24(39-41)13-19-8-3-5-12-23(19)33/h2-12,14-15H,13,16-17H2,1H3,(H4,34,35,37,38). The lowest BCUT2D eigenvalue weighted by atomic mass is 10.0. The van der Waals surface area contributed by atoms with Gasteiger partial charge in [0.2, 0.25) is 0 Å². The molecule has 0 aliphatic rings. The van der Waals surface area contributed by atoms with Crippen LogP contribution in [0.15, 0.2) is 79.0 Å². The summed E-state index contributed by atoms with van der Waals surface area (Å²) in [5, 5.41) is 6.58. The van der Waals surface area contributed by atoms with E-state index in [1.807, 2.05) is 42.5 Å². The van der Waals surface area contributed by atoms with Crippen molar-refractivity contribution >= 4 is 45.1 Å². The van der Waals surface area contributed by atoms with Crippen LogP contribution < -0.4 is 16.4 Å². The first kappa shape index (κ1) is 27.5. The van der Waals surface area contributed by atoms with Gasteiger partial charge >= 0.3 is 5.97 Å². The van der Waals surface area contributed by atoms with Gasteiger partial charge < -0.3 is 21.1 Å². The van der Waals surface area contributed by atoms with E-state index in [0.717, 1.165) is 22.5 Å². The Morgan fingerprint density at radius 3 is 2.42 bits per heavy atom. The molecule has 0 bridgehead atoms. The second kappa shape index (κ2) is 11.3. The topological polar surface area (TPSA) is 138 Å². The summed E-state index contributed by atoms with van der Waals surface area (Å²) in [5.41, 5.74) is 15.4. The highest BCUT2D eigenvalue weighted by molar-refractivity contribution is 5.88. The van der Waals surface area contributed by atoms with Crippen molar-refractivity contribution in [1.29, 1.82) is 0 Å². The normalized spacial score (nSPS) is 11.2. The largest absolute Gasteiger partial charge is 0.468 e. The van der Waals surface area contributed by atoms with Gasteiger partial charge in [-0.15, -0.1) is 0 Å². The number of hydrogen-bond donors (Lipinski definition) is 2. The zero-order valence-corrected chi connectivity index (χ0v) is 23.0. The van der Waals surface area contributed by atoms with Crippen molar-refractivity contribution in [3.8, 4) is 5.95 Å². The van der Waals surface area contributed by atoms with E-state index >= 15 is 0 Å². The van der Waals surface area contributed by atoms with Crippen LogP contribution in [0.5, 0.6) is 0 Å². The maximum absolute atomic E-state index is 14.4. The molecule has 0 saturated carbocycles. The van der Waals surface area contributed by atoms with E-state index < -0.39 is 17.6 Å². The molecule has 0 spiro atoms. The second-order valence-electron chi connectivity index (χ2n) is 9.86. The summed E-state index contributed by atoms with van der Waals surface area (Å²) in [7, 11) is 1.29. The fourth-order valence-electron chi connectivity index (χ4n) is 5.09. The van der Waals surface area contributed by atoms with Crippen LogP contribution >= 0.6 is 0 Å². The van der Waals surface area contributed by atoms with Gasteiger partial charge in [-0.3, -0.25) is 4.79 Å². The summed E-state index contributed by atoms with van der Waals surface area (Å²) >= 11 is 0. The molecule has 0 fully saturated rings. The van der Waals surface area contributed by atoms with E-state index in [1.165, 1.54) is 23.9 Å². The number of nitrogens with zero attached hydrogens (tertiary/aromatic N) is 6. The Kier molecular flexibility index (Phi) is 7.24. The minimum atomic E-state index is -0.608. The predicted molar refractivity (Wildman–Crippen MR) is 159 cm³/mol. The number of halogens is 2. The Hall–Kier alpha value is -5.65. The quantitative estimate of drug-likeness (QED) is 0.248. The number of carbonyl (C=O) groups is 1. The smallest absolute Gasteiger partial charge is 0.325 e. The summed E-state index contributed by atoms with van der Waals surface area (Å²) < 4.78 is 35.0. The number of esters is 1. The summed E-state index contributed by atoms with van der Waals surface area (Å²) in [6.07, 6.45) is 1.15. The maximum Gasteiger partial charge on any atom is 0.325 e. The van der Waals surface area contributed by atoms with Crippen LogP contribution in [-0.4, -0.2) is 44.4 Å². The van der Waals surface area contributed by atoms with Crippen LogP contribution in [0.3, 0.4) is 0 Å². The molecule has 6 aromatic rings. The van der Waals surface area contributed by atoms with E-state index in [1.54, 1.807) is 23.1 Å². The van der Waals surface area contributed by atoms with E-state index in [-0.39, 0.29) is 48.3 Å². The Labute approximate surface area is 244 Å². The van der Waals surface area contributed by atoms with Gasteiger partial charge in [0.1, 0.15) is 29.4 Å². The fraction of sp³-hybridized carbons (Fsp3) is 0.129. The van der Waals surface area contributed by atoms with Crippen LogP contribution in [0.1, 0.15) is 16.8 Å². The van der Waals surface area contributed by atoms with Gasteiger partial charge in [-0.2, -0.15) is 19.7 Å². The highest BCUT2D eigenvalue weighted by Crippen LogP contribution is 2.32. The average Bonchev–Trinajstić information content (AvgIpc) is 3.35. The van der Waals surface area contributed by atoms with Gasteiger partial charge in [0.25, 0.3) is 5.95 Å². The molecule has 4 N–H and O–H groups in total. The number of anilines is 3. The zero-order valence-electron chi connectivity index (χ0n) is 23.0. The minimum absolute atomic E-state index is 0.0321. The van der Waals surface area contributed by atoms with Crippen LogP contribution in [0, 0.1) is 11.6 Å². The monoisotopic (exact) mass is 580 g/mol. The van der Waals surface area contributed by atoms with E-state index in [9.17, 15) is 13.6 Å². The van der Waals surface area contributed by atoms with Crippen LogP contribution in [0.2, 0.25) is 0 Å². The number of fused-ring (bicyclic) bond motifs is 2. The third-order valence-corrected chi connectivity index (χ3v) is 7.09. The Bertz CT molecular complexity index is 1970. The molecule has 0 saturated heterocycles. The number of carbonyl (C=O) groups excluding carboxylic acids is 1. The maximum atomic E-state index is 14.4. The fourth-order valence-corrected chi connectivity index (χ4v) is 5.09. The molecule has 3 aromatic heterocycles. The third kappa shape index (κ3) is 5.37. The highest BCUT2D eigenvalue weighted by atomic mass is 19.1. The van der Waals surface area contributed by atoms with E-state index in [2.05, 4.69) is 20.1 Å². The molecule has 12 heteroatoms. The van der Waals surface area contributed by atoms with Crippen molar-refractivity contribution < 1.29 is 18.3 Å². The SMILES string of the molecule is COC(=O)CN(Cc1cccc2ccccc12)c1c(N)nc(-n2nc(Cc3ccccc3F)c3ncc(F)cc32)nc1N. The molecule has 6 rings (SSSR count). The van der Waals surface area contributed by atoms with Gasteiger partial charge in [-0.1, -0.05) is 60.7 Å². The van der Waals surface area contributed by atoms with E-state index in [0.29, 0.717) is 16.8 Å². The zero-order chi connectivity index (χ0) is 30.1. The van der Waals surface area contributed by atoms with Crippen LogP contribution in [0.25, 0.3) is 27.8 Å². The van der Waals surface area contributed by atoms with Crippen molar-refractivity contribution in [2.24, 2.45) is 0 Å². The third-order valence-electron chi connectivity index (χ3n) is 7.09. The first-order chi connectivity index (χ1) is 20.8. The highest BCUT2D eigenvalue weighted by Gasteiger charge is 2.24. The van der Waals surface area contributed by atoms with Crippen molar-refractivity contribution in [2.45, 2.75) is 13.0 Å². The molecule has 10 nitrogen and oxygen atoms in total. The van der Waals surface area contributed by atoms with E-state index in [4.69, 9.17) is 16.2 Å². The first-order valence-corrected chi connectivity index (χ1v) is 13.3. The lowest BCUT2D eigenvalue weighted by Gasteiger charge is -2.26. The molecule has 0 amide bonds. The number of hydrogen-bond acceptors (Lipinski definition) is 9. The van der Waals surface area contributed by atoms with Gasteiger partial charge in [0.15, 0.2) is 11.6 Å². The van der Waals surface area contributed by atoms with Gasteiger partial charge in [0.05, 0.1) is 24.5 Å². The molecule has 3 aromatic carbocycles. The summed E-state index contributed by atoms with van der Waals surface area (Å²) in [4.78, 5) is 27.2. The minimum Gasteiger partial charge on any atom is -0.468 e. The molecule has 216 valence electrons. The second-order valence-corrected chi connectivity index (χ2v) is 9.86. The number of aromatic nitrogens is 5. The molecule has 0 aliphatic carbocycles. The molecule has 0 unspecified atom stereocenters. The number of nitrogen functional groups attached to an aromatic ring is 2. The molecule has 0 aliphatic heterocycles. The molecule has 43 heavy (non-hydrogen) atoms. The summed E-state index contributed by atoms with van der Waals surface area (Å²) in [6, 6.07) is 21.3. The predicted octanol–water partition coefficient (Wildman–Crippen LogP) is 4.58. The van der Waals surface area contributed by atoms with Crippen LogP contribution in [-0.2, 0) is 22.5 Å². The van der Waals surface area contributed by atoms with Crippen molar-refractivity contribution in [3.63, 3.8) is 0 Å². The number of rotatable bonds is 8. The number of methoxy groups -OCH3 is 1. The Morgan fingerprint density at radius 2 is 1.65 bits per heavy atom. The van der Waals surface area contributed by atoms with Crippen molar-refractivity contribution in [1.82, 2.24) is 24.7 Å².